The van der Waals surface area contributed by atoms with Gasteiger partial charge in [-0.05, 0) is 32.4 Å². The number of esters is 1. The number of carbonyl (C=O) groups is 3. The Labute approximate surface area is 143 Å². The third-order valence-electron chi connectivity index (χ3n) is 3.48. The van der Waals surface area contributed by atoms with Crippen molar-refractivity contribution in [3.05, 3.63) is 51.4 Å². The van der Waals surface area contributed by atoms with Crippen LogP contribution in [0, 0.1) is 13.8 Å². The molecule has 0 aliphatic rings. The predicted octanol–water partition coefficient (Wildman–Crippen LogP) is 2.16. The lowest BCUT2D eigenvalue weighted by atomic mass is 10.1. The van der Waals surface area contributed by atoms with Crippen LogP contribution < -0.4 is 10.4 Å². The highest BCUT2D eigenvalue weighted by molar-refractivity contribution is 7.16. The van der Waals surface area contributed by atoms with Crippen molar-refractivity contribution in [2.75, 3.05) is 11.9 Å². The zero-order valence-corrected chi connectivity index (χ0v) is 14.3. The quantitative estimate of drug-likeness (QED) is 0.837. The summed E-state index contributed by atoms with van der Waals surface area (Å²) < 4.78 is 5.02. The molecule has 0 saturated heterocycles. The van der Waals surface area contributed by atoms with Gasteiger partial charge >= 0.3 is 5.97 Å². The predicted molar refractivity (Wildman–Crippen MR) is 88.5 cm³/mol. The van der Waals surface area contributed by atoms with E-state index < -0.39 is 17.8 Å². The molecule has 0 saturated carbocycles. The first-order valence-electron chi connectivity index (χ1n) is 7.25. The zero-order valence-electron chi connectivity index (χ0n) is 13.5. The summed E-state index contributed by atoms with van der Waals surface area (Å²) in [4.78, 5) is 36.6. The molecule has 126 valence electrons. The molecule has 0 aliphatic heterocycles. The first-order valence-corrected chi connectivity index (χ1v) is 8.07. The first-order chi connectivity index (χ1) is 11.4. The number of ether oxygens (including phenoxy) is 1. The van der Waals surface area contributed by atoms with Crippen molar-refractivity contribution < 1.29 is 24.2 Å². The normalized spacial score (nSPS) is 10.3. The minimum absolute atomic E-state index is 0.0315. The molecule has 7 heteroatoms. The molecule has 1 heterocycles. The average molecular weight is 346 g/mol. The number of hydrogen-bond donors (Lipinski definition) is 1. The molecule has 1 amide bonds. The highest BCUT2D eigenvalue weighted by Gasteiger charge is 2.23. The van der Waals surface area contributed by atoms with Crippen LogP contribution in [0.2, 0.25) is 0 Å². The van der Waals surface area contributed by atoms with Crippen LogP contribution in [-0.2, 0) is 4.74 Å². The van der Waals surface area contributed by atoms with Crippen LogP contribution in [0.15, 0.2) is 24.3 Å². The molecule has 0 spiro atoms. The van der Waals surface area contributed by atoms with Crippen molar-refractivity contribution in [2.45, 2.75) is 20.8 Å². The first kappa shape index (κ1) is 17.7. The summed E-state index contributed by atoms with van der Waals surface area (Å²) in [6, 6.07) is 5.74. The molecule has 0 unspecified atom stereocenters. The molecule has 1 N–H and O–H groups in total. The Morgan fingerprint density at radius 3 is 2.38 bits per heavy atom. The van der Waals surface area contributed by atoms with Gasteiger partial charge in [0.15, 0.2) is 0 Å². The van der Waals surface area contributed by atoms with Gasteiger partial charge in [-0.1, -0.05) is 18.2 Å². The van der Waals surface area contributed by atoms with Gasteiger partial charge in [-0.3, -0.25) is 4.79 Å². The van der Waals surface area contributed by atoms with E-state index in [2.05, 4.69) is 5.32 Å². The van der Waals surface area contributed by atoms with Crippen molar-refractivity contribution in [3.8, 4) is 0 Å². The molecule has 0 fully saturated rings. The van der Waals surface area contributed by atoms with E-state index in [4.69, 9.17) is 4.74 Å². The SMILES string of the molecule is CCOC(=O)c1c(NC(=O)c2ccccc2C(=O)[O-])sc(C)c1C. The number of amides is 1. The summed E-state index contributed by atoms with van der Waals surface area (Å²) in [5, 5.41) is 14.1. The van der Waals surface area contributed by atoms with Gasteiger partial charge in [0, 0.05) is 16.0 Å². The Morgan fingerprint density at radius 2 is 1.79 bits per heavy atom. The number of aryl methyl sites for hydroxylation is 1. The van der Waals surface area contributed by atoms with E-state index in [1.165, 1.54) is 29.5 Å². The standard InChI is InChI=1S/C17H17NO5S/c1-4-23-17(22)13-9(2)10(3)24-15(13)18-14(19)11-7-5-6-8-12(11)16(20)21/h5-8H,4H2,1-3H3,(H,18,19)(H,20,21)/p-1. The molecule has 6 nitrogen and oxygen atoms in total. The maximum Gasteiger partial charge on any atom is 0.341 e. The largest absolute Gasteiger partial charge is 0.545 e. The molecule has 24 heavy (non-hydrogen) atoms. The van der Waals surface area contributed by atoms with Crippen molar-refractivity contribution in [2.24, 2.45) is 0 Å². The topological polar surface area (TPSA) is 95.5 Å². The maximum absolute atomic E-state index is 12.4. The number of anilines is 1. The van der Waals surface area contributed by atoms with Gasteiger partial charge in [0.05, 0.1) is 18.1 Å². The van der Waals surface area contributed by atoms with Gasteiger partial charge in [-0.2, -0.15) is 0 Å². The van der Waals surface area contributed by atoms with Crippen LogP contribution >= 0.6 is 11.3 Å². The minimum atomic E-state index is -1.44. The van der Waals surface area contributed by atoms with Crippen LogP contribution in [-0.4, -0.2) is 24.5 Å². The molecule has 0 aliphatic carbocycles. The number of aromatic carboxylic acids is 1. The van der Waals surface area contributed by atoms with E-state index in [0.29, 0.717) is 10.6 Å². The fourth-order valence-electron chi connectivity index (χ4n) is 2.19. The molecule has 2 rings (SSSR count). The fourth-order valence-corrected chi connectivity index (χ4v) is 3.24. The summed E-state index contributed by atoms with van der Waals surface area (Å²) in [6.45, 7) is 5.51. The number of carbonyl (C=O) groups excluding carboxylic acids is 3. The third kappa shape index (κ3) is 3.46. The number of benzene rings is 1. The smallest absolute Gasteiger partial charge is 0.341 e. The summed E-state index contributed by atoms with van der Waals surface area (Å²) in [7, 11) is 0. The van der Waals surface area contributed by atoms with E-state index in [1.54, 1.807) is 19.9 Å². The van der Waals surface area contributed by atoms with Crippen molar-refractivity contribution >= 4 is 34.2 Å². The molecule has 1 aromatic carbocycles. The van der Waals surface area contributed by atoms with E-state index in [0.717, 1.165) is 10.4 Å². The Morgan fingerprint density at radius 1 is 1.17 bits per heavy atom. The Balaban J connectivity index is 2.39. The van der Waals surface area contributed by atoms with Gasteiger partial charge in [0.2, 0.25) is 0 Å². The van der Waals surface area contributed by atoms with E-state index >= 15 is 0 Å². The molecule has 2 aromatic rings. The van der Waals surface area contributed by atoms with Crippen LogP contribution in [0.25, 0.3) is 0 Å². The van der Waals surface area contributed by atoms with Crippen LogP contribution in [0.4, 0.5) is 5.00 Å². The molecule has 0 radical (unpaired) electrons. The lowest BCUT2D eigenvalue weighted by Gasteiger charge is -2.11. The number of thiophene rings is 1. The summed E-state index contributed by atoms with van der Waals surface area (Å²) in [6.07, 6.45) is 0. The van der Waals surface area contributed by atoms with E-state index in [9.17, 15) is 19.5 Å². The minimum Gasteiger partial charge on any atom is -0.545 e. The second-order valence-electron chi connectivity index (χ2n) is 5.00. The maximum atomic E-state index is 12.4. The second-order valence-corrected chi connectivity index (χ2v) is 6.22. The third-order valence-corrected chi connectivity index (χ3v) is 4.61. The van der Waals surface area contributed by atoms with Crippen molar-refractivity contribution in [3.63, 3.8) is 0 Å². The van der Waals surface area contributed by atoms with E-state index in [-0.39, 0.29) is 17.7 Å². The Bertz CT molecular complexity index is 809. The molecular weight excluding hydrogens is 330 g/mol. The summed E-state index contributed by atoms with van der Waals surface area (Å²) >= 11 is 1.24. The van der Waals surface area contributed by atoms with Gasteiger partial charge in [-0.25, -0.2) is 4.79 Å². The summed E-state index contributed by atoms with van der Waals surface area (Å²) in [5.41, 5.74) is 0.772. The van der Waals surface area contributed by atoms with Crippen molar-refractivity contribution in [1.82, 2.24) is 0 Å². The Hall–Kier alpha value is -2.67. The van der Waals surface area contributed by atoms with Gasteiger partial charge < -0.3 is 20.0 Å². The lowest BCUT2D eigenvalue weighted by molar-refractivity contribution is -0.255. The van der Waals surface area contributed by atoms with E-state index in [1.807, 2.05) is 6.92 Å². The summed E-state index contributed by atoms with van der Waals surface area (Å²) in [5.74, 6) is -2.59. The van der Waals surface area contributed by atoms with Gasteiger partial charge in [0.25, 0.3) is 5.91 Å². The fraction of sp³-hybridized carbons (Fsp3) is 0.235. The van der Waals surface area contributed by atoms with Crippen molar-refractivity contribution in [1.29, 1.82) is 0 Å². The number of nitrogens with one attached hydrogen (secondary N) is 1. The molecule has 0 bridgehead atoms. The number of rotatable bonds is 5. The highest BCUT2D eigenvalue weighted by Crippen LogP contribution is 2.33. The average Bonchev–Trinajstić information content (AvgIpc) is 2.81. The van der Waals surface area contributed by atoms with Gasteiger partial charge in [-0.15, -0.1) is 11.3 Å². The van der Waals surface area contributed by atoms with Crippen LogP contribution in [0.1, 0.15) is 48.4 Å². The monoisotopic (exact) mass is 346 g/mol. The lowest BCUT2D eigenvalue weighted by Crippen LogP contribution is -2.26. The number of carboxylic acids is 1. The molecular formula is C17H16NO5S-. The zero-order chi connectivity index (χ0) is 17.9. The molecule has 0 atom stereocenters. The second kappa shape index (κ2) is 7.27. The number of carboxylic acid groups (broad SMARTS) is 1. The van der Waals surface area contributed by atoms with Crippen LogP contribution in [0.3, 0.4) is 0 Å². The van der Waals surface area contributed by atoms with Crippen LogP contribution in [0.5, 0.6) is 0 Å². The Kier molecular flexibility index (Phi) is 5.35. The number of hydrogen-bond acceptors (Lipinski definition) is 6. The molecule has 1 aromatic heterocycles. The highest BCUT2D eigenvalue weighted by atomic mass is 32.1. The van der Waals surface area contributed by atoms with Gasteiger partial charge in [0.1, 0.15) is 5.00 Å².